The van der Waals surface area contributed by atoms with Gasteiger partial charge in [0.15, 0.2) is 0 Å². The van der Waals surface area contributed by atoms with E-state index in [-0.39, 0.29) is 0 Å². The van der Waals surface area contributed by atoms with Crippen LogP contribution in [0.5, 0.6) is 5.75 Å². The first-order valence-electron chi connectivity index (χ1n) is 5.38. The average Bonchev–Trinajstić information content (AvgIpc) is 2.29. The van der Waals surface area contributed by atoms with Crippen molar-refractivity contribution in [2.45, 2.75) is 13.3 Å². The van der Waals surface area contributed by atoms with E-state index in [0.717, 1.165) is 0 Å². The number of carboxylic acid groups (broad SMARTS) is 1. The van der Waals surface area contributed by atoms with E-state index in [2.05, 4.69) is 4.72 Å². The third-order valence-corrected chi connectivity index (χ3v) is 3.31. The van der Waals surface area contributed by atoms with Crippen LogP contribution >= 0.6 is 0 Å². The third kappa shape index (κ3) is 5.05. The van der Waals surface area contributed by atoms with Crippen LogP contribution in [0.3, 0.4) is 0 Å². The molecule has 0 saturated carbocycles. The van der Waals surface area contributed by atoms with E-state index in [1.165, 1.54) is 0 Å². The van der Waals surface area contributed by atoms with Gasteiger partial charge in [-0.3, -0.25) is 9.52 Å². The molecule has 0 heterocycles. The molecule has 0 unspecified atom stereocenters. The molecule has 0 atom stereocenters. The van der Waals surface area contributed by atoms with Gasteiger partial charge >= 0.3 is 5.97 Å². The van der Waals surface area contributed by atoms with Crippen molar-refractivity contribution in [3.8, 4) is 5.75 Å². The molecule has 18 heavy (non-hydrogen) atoms. The Morgan fingerprint density at radius 3 is 2.44 bits per heavy atom. The smallest absolute Gasteiger partial charge is 0.304 e. The van der Waals surface area contributed by atoms with E-state index in [1.807, 2.05) is 6.92 Å². The van der Waals surface area contributed by atoms with Crippen LogP contribution in [0, 0.1) is 0 Å². The molecule has 0 amide bonds. The average molecular weight is 273 g/mol. The Hall–Kier alpha value is -1.76. The predicted octanol–water partition coefficient (Wildman–Crippen LogP) is 1.30. The molecule has 0 aliphatic carbocycles. The zero-order valence-corrected chi connectivity index (χ0v) is 10.7. The van der Waals surface area contributed by atoms with Crippen molar-refractivity contribution >= 4 is 21.7 Å². The van der Waals surface area contributed by atoms with E-state index in [0.29, 0.717) is 18.0 Å². The molecule has 0 saturated heterocycles. The fourth-order valence-electron chi connectivity index (χ4n) is 1.24. The van der Waals surface area contributed by atoms with Crippen molar-refractivity contribution < 1.29 is 23.1 Å². The van der Waals surface area contributed by atoms with Gasteiger partial charge in [-0.25, -0.2) is 8.42 Å². The van der Waals surface area contributed by atoms with Crippen LogP contribution in [0.15, 0.2) is 24.3 Å². The van der Waals surface area contributed by atoms with Crippen LogP contribution in [0.25, 0.3) is 0 Å². The van der Waals surface area contributed by atoms with Crippen LogP contribution in [-0.4, -0.2) is 31.9 Å². The molecule has 0 fully saturated rings. The normalized spacial score (nSPS) is 10.9. The highest BCUT2D eigenvalue weighted by atomic mass is 32.2. The number of hydrogen-bond donors (Lipinski definition) is 2. The Labute approximate surface area is 106 Å². The molecule has 0 spiro atoms. The number of hydrogen-bond acceptors (Lipinski definition) is 4. The zero-order chi connectivity index (χ0) is 13.6. The number of carboxylic acids is 1. The quantitative estimate of drug-likeness (QED) is 0.781. The number of aliphatic carboxylic acids is 1. The lowest BCUT2D eigenvalue weighted by atomic mass is 10.3. The fraction of sp³-hybridized carbons (Fsp3) is 0.364. The largest absolute Gasteiger partial charge is 0.494 e. The van der Waals surface area contributed by atoms with Gasteiger partial charge in [0.2, 0.25) is 10.0 Å². The summed E-state index contributed by atoms with van der Waals surface area (Å²) in [5.74, 6) is -0.951. The number of ether oxygens (including phenoxy) is 1. The molecule has 7 heteroatoms. The lowest BCUT2D eigenvalue weighted by Crippen LogP contribution is -2.18. The molecule has 1 aromatic rings. The Balaban J connectivity index is 2.63. The molecule has 1 rings (SSSR count). The minimum absolute atomic E-state index is 0.379. The van der Waals surface area contributed by atoms with Gasteiger partial charge in [-0.15, -0.1) is 0 Å². The maximum absolute atomic E-state index is 11.5. The third-order valence-electron chi connectivity index (χ3n) is 2.02. The maximum atomic E-state index is 11.5. The van der Waals surface area contributed by atoms with Gasteiger partial charge in [-0.2, -0.15) is 0 Å². The number of anilines is 1. The van der Waals surface area contributed by atoms with Crippen LogP contribution in [0.1, 0.15) is 13.3 Å². The Morgan fingerprint density at radius 1 is 1.33 bits per heavy atom. The van der Waals surface area contributed by atoms with Gasteiger partial charge in [0.1, 0.15) is 5.75 Å². The first kappa shape index (κ1) is 14.3. The van der Waals surface area contributed by atoms with Crippen molar-refractivity contribution in [2.24, 2.45) is 0 Å². The molecule has 0 aliphatic rings. The number of rotatable bonds is 7. The molecule has 2 N–H and O–H groups in total. The van der Waals surface area contributed by atoms with Crippen LogP contribution < -0.4 is 9.46 Å². The topological polar surface area (TPSA) is 92.7 Å². The van der Waals surface area contributed by atoms with Gasteiger partial charge in [-0.05, 0) is 31.2 Å². The lowest BCUT2D eigenvalue weighted by Gasteiger charge is -2.08. The summed E-state index contributed by atoms with van der Waals surface area (Å²) < 4.78 is 30.5. The summed E-state index contributed by atoms with van der Waals surface area (Å²) in [7, 11) is -3.63. The summed E-state index contributed by atoms with van der Waals surface area (Å²) in [6.07, 6.45) is -0.424. The van der Waals surface area contributed by atoms with E-state index in [4.69, 9.17) is 9.84 Å². The Bertz CT molecular complexity index is 495. The van der Waals surface area contributed by atoms with Crippen molar-refractivity contribution in [1.82, 2.24) is 0 Å². The summed E-state index contributed by atoms with van der Waals surface area (Å²) in [5, 5.41) is 8.43. The molecule has 0 aromatic heterocycles. The molecule has 0 aliphatic heterocycles. The van der Waals surface area contributed by atoms with Gasteiger partial charge in [-0.1, -0.05) is 0 Å². The molecule has 100 valence electrons. The van der Waals surface area contributed by atoms with Crippen LogP contribution in [0.4, 0.5) is 5.69 Å². The molecular weight excluding hydrogens is 258 g/mol. The number of benzene rings is 1. The van der Waals surface area contributed by atoms with Crippen LogP contribution in [-0.2, 0) is 14.8 Å². The first-order chi connectivity index (χ1) is 8.43. The standard InChI is InChI=1S/C11H15NO5S/c1-2-17-10-5-3-9(4-6-10)12-18(15,16)8-7-11(13)14/h3-6,12H,2,7-8H2,1H3,(H,13,14). The lowest BCUT2D eigenvalue weighted by molar-refractivity contribution is -0.136. The van der Waals surface area contributed by atoms with Crippen molar-refractivity contribution in [3.63, 3.8) is 0 Å². The first-order valence-corrected chi connectivity index (χ1v) is 7.03. The number of carbonyl (C=O) groups is 1. The Kier molecular flexibility index (Phi) is 4.96. The van der Waals surface area contributed by atoms with Gasteiger partial charge < -0.3 is 9.84 Å². The van der Waals surface area contributed by atoms with Gasteiger partial charge in [0, 0.05) is 5.69 Å². The van der Waals surface area contributed by atoms with Crippen LogP contribution in [0.2, 0.25) is 0 Å². The van der Waals surface area contributed by atoms with E-state index in [1.54, 1.807) is 24.3 Å². The van der Waals surface area contributed by atoms with Gasteiger partial charge in [0.25, 0.3) is 0 Å². The summed E-state index contributed by atoms with van der Waals surface area (Å²) in [5.41, 5.74) is 0.379. The number of nitrogens with one attached hydrogen (secondary N) is 1. The minimum Gasteiger partial charge on any atom is -0.494 e. The van der Waals surface area contributed by atoms with Crippen molar-refractivity contribution in [2.75, 3.05) is 17.1 Å². The Morgan fingerprint density at radius 2 is 1.94 bits per heavy atom. The monoisotopic (exact) mass is 273 g/mol. The summed E-state index contributed by atoms with van der Waals surface area (Å²) in [6.45, 7) is 2.38. The second kappa shape index (κ2) is 6.25. The van der Waals surface area contributed by atoms with Crippen molar-refractivity contribution in [1.29, 1.82) is 0 Å². The fourth-order valence-corrected chi connectivity index (χ4v) is 2.28. The summed E-state index contributed by atoms with van der Waals surface area (Å²) in [4.78, 5) is 10.3. The highest BCUT2D eigenvalue weighted by Crippen LogP contribution is 2.16. The van der Waals surface area contributed by atoms with E-state index in [9.17, 15) is 13.2 Å². The SMILES string of the molecule is CCOc1ccc(NS(=O)(=O)CCC(=O)O)cc1. The second-order valence-electron chi connectivity index (χ2n) is 3.52. The maximum Gasteiger partial charge on any atom is 0.304 e. The van der Waals surface area contributed by atoms with E-state index < -0.39 is 28.2 Å². The zero-order valence-electron chi connectivity index (χ0n) is 9.92. The molecule has 0 bridgehead atoms. The van der Waals surface area contributed by atoms with E-state index >= 15 is 0 Å². The highest BCUT2D eigenvalue weighted by Gasteiger charge is 2.12. The molecule has 6 nitrogen and oxygen atoms in total. The predicted molar refractivity (Wildman–Crippen MR) is 67.3 cm³/mol. The molecule has 0 radical (unpaired) electrons. The van der Waals surface area contributed by atoms with Crippen molar-refractivity contribution in [3.05, 3.63) is 24.3 Å². The second-order valence-corrected chi connectivity index (χ2v) is 5.36. The summed E-state index contributed by atoms with van der Waals surface area (Å²) in [6, 6.07) is 6.39. The minimum atomic E-state index is -3.63. The number of sulfonamides is 1. The molecular formula is C11H15NO5S. The highest BCUT2D eigenvalue weighted by molar-refractivity contribution is 7.92. The van der Waals surface area contributed by atoms with Gasteiger partial charge in [0.05, 0.1) is 18.8 Å². The molecule has 1 aromatic carbocycles. The summed E-state index contributed by atoms with van der Waals surface area (Å²) >= 11 is 0.